The number of hydrogen-bond acceptors (Lipinski definition) is 5. The molecule has 0 aliphatic heterocycles. The van der Waals surface area contributed by atoms with Crippen molar-refractivity contribution in [2.45, 2.75) is 50.9 Å². The standard InChI is InChI=1S/C30H34F3N3O5S/c1-5-17-34-29(38)22(3)35(19-23-11-13-26(41-4)14-12-23)28(37)20-36(25-8-6-7-24(18-25)30(31,32)33)42(39,40)27-15-9-21(2)10-16-27/h6-16,18,22H,5,17,19-20H2,1-4H3,(H,34,38)/t22-/m1/s1. The Balaban J connectivity index is 2.07. The predicted molar refractivity (Wildman–Crippen MR) is 153 cm³/mol. The molecule has 3 rings (SSSR count). The summed E-state index contributed by atoms with van der Waals surface area (Å²) in [5.74, 6) is -0.658. The van der Waals surface area contributed by atoms with E-state index in [4.69, 9.17) is 4.74 Å². The number of amides is 2. The number of sulfonamides is 1. The molecule has 42 heavy (non-hydrogen) atoms. The number of methoxy groups -OCH3 is 1. The van der Waals surface area contributed by atoms with Crippen LogP contribution in [0.2, 0.25) is 0 Å². The Hall–Kier alpha value is -4.06. The Labute approximate surface area is 244 Å². The molecule has 12 heteroatoms. The second kappa shape index (κ2) is 13.7. The molecule has 0 unspecified atom stereocenters. The molecule has 3 aromatic rings. The first kappa shape index (κ1) is 32.5. The van der Waals surface area contributed by atoms with Crippen molar-refractivity contribution in [3.8, 4) is 5.75 Å². The highest BCUT2D eigenvalue weighted by atomic mass is 32.2. The first-order chi connectivity index (χ1) is 19.8. The number of halogens is 3. The average molecular weight is 606 g/mol. The van der Waals surface area contributed by atoms with Crippen LogP contribution in [-0.2, 0) is 32.3 Å². The third-order valence-corrected chi connectivity index (χ3v) is 8.37. The highest BCUT2D eigenvalue weighted by Crippen LogP contribution is 2.33. The number of carbonyl (C=O) groups excluding carboxylic acids is 2. The maximum absolute atomic E-state index is 13.9. The number of nitrogens with zero attached hydrogens (tertiary/aromatic N) is 2. The molecule has 1 atom stereocenters. The van der Waals surface area contributed by atoms with Crippen LogP contribution in [0.15, 0.2) is 77.7 Å². The second-order valence-corrected chi connectivity index (χ2v) is 11.6. The highest BCUT2D eigenvalue weighted by Gasteiger charge is 2.35. The van der Waals surface area contributed by atoms with Crippen molar-refractivity contribution in [3.63, 3.8) is 0 Å². The van der Waals surface area contributed by atoms with E-state index in [-0.39, 0.29) is 17.1 Å². The molecule has 0 aliphatic rings. The number of alkyl halides is 3. The zero-order valence-electron chi connectivity index (χ0n) is 23.8. The van der Waals surface area contributed by atoms with Crippen LogP contribution in [-0.4, -0.2) is 51.4 Å². The van der Waals surface area contributed by atoms with Crippen LogP contribution in [0.25, 0.3) is 0 Å². The fourth-order valence-electron chi connectivity index (χ4n) is 4.11. The van der Waals surface area contributed by atoms with Crippen molar-refractivity contribution >= 4 is 27.5 Å². The molecule has 0 bridgehead atoms. The number of rotatable bonds is 12. The summed E-state index contributed by atoms with van der Waals surface area (Å²) in [7, 11) is -3.00. The predicted octanol–water partition coefficient (Wildman–Crippen LogP) is 5.16. The minimum Gasteiger partial charge on any atom is -0.497 e. The van der Waals surface area contributed by atoms with E-state index in [1.807, 2.05) is 6.92 Å². The Morgan fingerprint density at radius 1 is 1.00 bits per heavy atom. The van der Waals surface area contributed by atoms with E-state index < -0.39 is 46.2 Å². The molecule has 0 aliphatic carbocycles. The van der Waals surface area contributed by atoms with Gasteiger partial charge in [-0.25, -0.2) is 8.42 Å². The number of hydrogen-bond donors (Lipinski definition) is 1. The molecule has 0 saturated heterocycles. The van der Waals surface area contributed by atoms with Gasteiger partial charge in [0.15, 0.2) is 0 Å². The van der Waals surface area contributed by atoms with Gasteiger partial charge in [0.05, 0.1) is 23.3 Å². The lowest BCUT2D eigenvalue weighted by molar-refractivity contribution is -0.139. The fourth-order valence-corrected chi connectivity index (χ4v) is 5.52. The van der Waals surface area contributed by atoms with Gasteiger partial charge in [0, 0.05) is 13.1 Å². The SMILES string of the molecule is CCCNC(=O)[C@@H](C)N(Cc1ccc(OC)cc1)C(=O)CN(c1cccc(C(F)(F)F)c1)S(=O)(=O)c1ccc(C)cc1. The molecule has 0 aromatic heterocycles. The van der Waals surface area contributed by atoms with Crippen molar-refractivity contribution in [2.75, 3.05) is 24.5 Å². The van der Waals surface area contributed by atoms with Gasteiger partial charge in [-0.05, 0) is 68.3 Å². The minimum atomic E-state index is -4.74. The maximum Gasteiger partial charge on any atom is 0.416 e. The van der Waals surface area contributed by atoms with Gasteiger partial charge < -0.3 is 15.0 Å². The zero-order valence-corrected chi connectivity index (χ0v) is 24.6. The van der Waals surface area contributed by atoms with Gasteiger partial charge in [-0.3, -0.25) is 13.9 Å². The fraction of sp³-hybridized carbons (Fsp3) is 0.333. The van der Waals surface area contributed by atoms with Crippen LogP contribution in [0.1, 0.15) is 37.0 Å². The van der Waals surface area contributed by atoms with E-state index in [1.54, 1.807) is 43.3 Å². The third kappa shape index (κ3) is 8.03. The number of carbonyl (C=O) groups is 2. The number of aryl methyl sites for hydroxylation is 1. The van der Waals surface area contributed by atoms with E-state index in [0.717, 1.165) is 17.7 Å². The highest BCUT2D eigenvalue weighted by molar-refractivity contribution is 7.92. The van der Waals surface area contributed by atoms with Gasteiger partial charge in [0.2, 0.25) is 11.8 Å². The van der Waals surface area contributed by atoms with Crippen LogP contribution >= 0.6 is 0 Å². The van der Waals surface area contributed by atoms with Gasteiger partial charge in [-0.1, -0.05) is 42.8 Å². The molecule has 0 spiro atoms. The number of anilines is 1. The molecule has 226 valence electrons. The van der Waals surface area contributed by atoms with Crippen LogP contribution in [0.5, 0.6) is 5.75 Å². The van der Waals surface area contributed by atoms with Crippen LogP contribution < -0.4 is 14.4 Å². The molecule has 8 nitrogen and oxygen atoms in total. The Bertz CT molecular complexity index is 1480. The normalized spacial score (nSPS) is 12.4. The first-order valence-electron chi connectivity index (χ1n) is 13.2. The summed E-state index contributed by atoms with van der Waals surface area (Å²) in [6.45, 7) is 4.59. The van der Waals surface area contributed by atoms with Crippen molar-refractivity contribution in [1.82, 2.24) is 10.2 Å². The second-order valence-electron chi connectivity index (χ2n) is 9.71. The van der Waals surface area contributed by atoms with Gasteiger partial charge in [-0.2, -0.15) is 13.2 Å². The third-order valence-electron chi connectivity index (χ3n) is 6.58. The molecule has 3 aromatic carbocycles. The topological polar surface area (TPSA) is 96.0 Å². The van der Waals surface area contributed by atoms with E-state index >= 15 is 0 Å². The summed E-state index contributed by atoms with van der Waals surface area (Å²) < 4.78 is 74.2. The van der Waals surface area contributed by atoms with E-state index in [2.05, 4.69) is 5.32 Å². The Kier molecular flexibility index (Phi) is 10.6. The molecular formula is C30H34F3N3O5S. The number of ether oxygens (including phenoxy) is 1. The maximum atomic E-state index is 13.9. The van der Waals surface area contributed by atoms with E-state index in [9.17, 15) is 31.2 Å². The number of nitrogens with one attached hydrogen (secondary N) is 1. The molecule has 0 fully saturated rings. The van der Waals surface area contributed by atoms with E-state index in [0.29, 0.717) is 34.7 Å². The summed E-state index contributed by atoms with van der Waals surface area (Å²) in [4.78, 5) is 27.8. The van der Waals surface area contributed by atoms with Crippen LogP contribution in [0.3, 0.4) is 0 Å². The minimum absolute atomic E-state index is 0.0649. The first-order valence-corrected chi connectivity index (χ1v) is 14.7. The lowest BCUT2D eigenvalue weighted by Gasteiger charge is -2.32. The monoisotopic (exact) mass is 605 g/mol. The lowest BCUT2D eigenvalue weighted by atomic mass is 10.1. The lowest BCUT2D eigenvalue weighted by Crippen LogP contribution is -2.51. The van der Waals surface area contributed by atoms with Crippen molar-refractivity contribution in [3.05, 3.63) is 89.5 Å². The van der Waals surface area contributed by atoms with Crippen LogP contribution in [0.4, 0.5) is 18.9 Å². The Morgan fingerprint density at radius 2 is 1.64 bits per heavy atom. The van der Waals surface area contributed by atoms with Gasteiger partial charge in [0.25, 0.3) is 10.0 Å². The molecule has 1 N–H and O–H groups in total. The molecular weight excluding hydrogens is 571 g/mol. The average Bonchev–Trinajstić information content (AvgIpc) is 2.97. The van der Waals surface area contributed by atoms with Gasteiger partial charge in [-0.15, -0.1) is 0 Å². The zero-order chi connectivity index (χ0) is 31.1. The van der Waals surface area contributed by atoms with Crippen molar-refractivity contribution < 1.29 is 35.9 Å². The van der Waals surface area contributed by atoms with Gasteiger partial charge in [0.1, 0.15) is 18.3 Å². The summed E-state index contributed by atoms with van der Waals surface area (Å²) in [6.07, 6.45) is -4.09. The van der Waals surface area contributed by atoms with Crippen LogP contribution in [0, 0.1) is 6.92 Å². The summed E-state index contributed by atoms with van der Waals surface area (Å²) >= 11 is 0. The summed E-state index contributed by atoms with van der Waals surface area (Å²) in [5.41, 5.74) is -0.00952. The van der Waals surface area contributed by atoms with Crippen molar-refractivity contribution in [2.24, 2.45) is 0 Å². The Morgan fingerprint density at radius 3 is 2.21 bits per heavy atom. The van der Waals surface area contributed by atoms with Gasteiger partial charge >= 0.3 is 6.18 Å². The molecule has 0 saturated carbocycles. The van der Waals surface area contributed by atoms with Crippen molar-refractivity contribution in [1.29, 1.82) is 0 Å². The summed E-state index contributed by atoms with van der Waals surface area (Å²) in [6, 6.07) is 15.3. The number of benzene rings is 3. The van der Waals surface area contributed by atoms with E-state index in [1.165, 1.54) is 37.1 Å². The summed E-state index contributed by atoms with van der Waals surface area (Å²) in [5, 5.41) is 2.73. The quantitative estimate of drug-likeness (QED) is 0.308. The smallest absolute Gasteiger partial charge is 0.416 e. The molecule has 0 heterocycles. The molecule has 0 radical (unpaired) electrons. The largest absolute Gasteiger partial charge is 0.497 e. The molecule has 2 amide bonds.